The molecule has 0 fully saturated rings. The van der Waals surface area contributed by atoms with Crippen LogP contribution in [0.25, 0.3) is 0 Å². The van der Waals surface area contributed by atoms with Gasteiger partial charge < -0.3 is 10.0 Å². The highest BCUT2D eigenvalue weighted by atomic mass is 79.9. The molecule has 0 saturated carbocycles. The van der Waals surface area contributed by atoms with Crippen LogP contribution in [0.1, 0.15) is 17.3 Å². The van der Waals surface area contributed by atoms with Crippen molar-refractivity contribution in [3.05, 3.63) is 25.0 Å². The molecule has 0 aliphatic heterocycles. The lowest BCUT2D eigenvalue weighted by Gasteiger charge is -2.20. The SMILES string of the molecule is CC(=O)N(C)c1c(Br)cc(Br)c(C(=O)O)c1Br. The molecular formula is C10H8Br3NO3. The predicted molar refractivity (Wildman–Crippen MR) is 75.6 cm³/mol. The maximum Gasteiger partial charge on any atom is 0.338 e. The van der Waals surface area contributed by atoms with Crippen LogP contribution in [-0.4, -0.2) is 24.0 Å². The Labute approximate surface area is 123 Å². The first-order valence-electron chi connectivity index (χ1n) is 4.42. The van der Waals surface area contributed by atoms with Gasteiger partial charge in [0.1, 0.15) is 0 Å². The molecule has 7 heteroatoms. The summed E-state index contributed by atoms with van der Waals surface area (Å²) in [5.41, 5.74) is 0.564. The van der Waals surface area contributed by atoms with E-state index in [0.29, 0.717) is 19.1 Å². The number of carbonyl (C=O) groups excluding carboxylic acids is 1. The fourth-order valence-corrected chi connectivity index (χ4v) is 4.23. The number of carbonyl (C=O) groups is 2. The first-order valence-corrected chi connectivity index (χ1v) is 6.80. The largest absolute Gasteiger partial charge is 0.478 e. The minimum absolute atomic E-state index is 0.0799. The third kappa shape index (κ3) is 2.89. The quantitative estimate of drug-likeness (QED) is 0.780. The van der Waals surface area contributed by atoms with Gasteiger partial charge in [0, 0.05) is 22.9 Å². The van der Waals surface area contributed by atoms with Gasteiger partial charge in [-0.15, -0.1) is 0 Å². The summed E-state index contributed by atoms with van der Waals surface area (Å²) < 4.78 is 1.41. The van der Waals surface area contributed by atoms with Crippen molar-refractivity contribution in [3.8, 4) is 0 Å². The van der Waals surface area contributed by atoms with Gasteiger partial charge in [0.15, 0.2) is 0 Å². The highest BCUT2D eigenvalue weighted by Crippen LogP contribution is 2.40. The van der Waals surface area contributed by atoms with Crippen LogP contribution in [-0.2, 0) is 4.79 Å². The number of aromatic carboxylic acids is 1. The van der Waals surface area contributed by atoms with Gasteiger partial charge >= 0.3 is 5.97 Å². The standard InChI is InChI=1S/C10H8Br3NO3/c1-4(15)14(2)9-6(12)3-5(11)7(8(9)13)10(16)17/h3H,1-2H3,(H,16,17). The molecule has 0 atom stereocenters. The third-order valence-corrected chi connectivity index (χ3v) is 4.17. The number of nitrogens with zero attached hydrogens (tertiary/aromatic N) is 1. The van der Waals surface area contributed by atoms with E-state index in [-0.39, 0.29) is 11.5 Å². The van der Waals surface area contributed by atoms with E-state index in [9.17, 15) is 9.59 Å². The van der Waals surface area contributed by atoms with E-state index in [0.717, 1.165) is 0 Å². The number of carboxylic acids is 1. The maximum absolute atomic E-state index is 11.3. The molecule has 0 spiro atoms. The Balaban J connectivity index is 3.57. The third-order valence-electron chi connectivity index (χ3n) is 2.17. The topological polar surface area (TPSA) is 57.6 Å². The molecule has 4 nitrogen and oxygen atoms in total. The summed E-state index contributed by atoms with van der Waals surface area (Å²) >= 11 is 9.70. The predicted octanol–water partition coefficient (Wildman–Crippen LogP) is 3.66. The van der Waals surface area contributed by atoms with Crippen LogP contribution < -0.4 is 4.90 Å². The summed E-state index contributed by atoms with van der Waals surface area (Å²) in [5.74, 6) is -1.26. The summed E-state index contributed by atoms with van der Waals surface area (Å²) in [6.45, 7) is 1.40. The zero-order valence-electron chi connectivity index (χ0n) is 8.92. The highest BCUT2D eigenvalue weighted by molar-refractivity contribution is 9.11. The molecule has 1 rings (SSSR count). The fraction of sp³-hybridized carbons (Fsp3) is 0.200. The van der Waals surface area contributed by atoms with Crippen molar-refractivity contribution in [1.29, 1.82) is 0 Å². The number of anilines is 1. The molecule has 0 aromatic heterocycles. The van der Waals surface area contributed by atoms with E-state index < -0.39 is 5.97 Å². The number of carboxylic acid groups (broad SMARTS) is 1. The van der Waals surface area contributed by atoms with E-state index in [1.807, 2.05) is 0 Å². The van der Waals surface area contributed by atoms with Crippen molar-refractivity contribution >= 4 is 65.4 Å². The molecule has 1 aromatic rings. The Morgan fingerprint density at radius 3 is 2.18 bits per heavy atom. The van der Waals surface area contributed by atoms with Gasteiger partial charge in [0.2, 0.25) is 5.91 Å². The minimum Gasteiger partial charge on any atom is -0.478 e. The Morgan fingerprint density at radius 2 is 1.76 bits per heavy atom. The summed E-state index contributed by atoms with van der Waals surface area (Å²) in [5, 5.41) is 9.10. The monoisotopic (exact) mass is 427 g/mol. The van der Waals surface area contributed by atoms with Gasteiger partial charge in [-0.2, -0.15) is 0 Å². The first-order chi connectivity index (χ1) is 7.77. The maximum atomic E-state index is 11.3. The van der Waals surface area contributed by atoms with Gasteiger partial charge in [0.05, 0.1) is 15.7 Å². The van der Waals surface area contributed by atoms with E-state index in [1.165, 1.54) is 11.8 Å². The van der Waals surface area contributed by atoms with Crippen LogP contribution >= 0.6 is 47.8 Å². The lowest BCUT2D eigenvalue weighted by molar-refractivity contribution is -0.116. The van der Waals surface area contributed by atoms with Crippen molar-refractivity contribution in [2.24, 2.45) is 0 Å². The van der Waals surface area contributed by atoms with Crippen LogP contribution in [0, 0.1) is 0 Å². The molecule has 1 N–H and O–H groups in total. The number of benzene rings is 1. The summed E-state index contributed by atoms with van der Waals surface area (Å²) in [7, 11) is 1.58. The molecule has 0 radical (unpaired) electrons. The lowest BCUT2D eigenvalue weighted by atomic mass is 10.2. The van der Waals surface area contributed by atoms with E-state index in [2.05, 4.69) is 47.8 Å². The Hall–Kier alpha value is -0.400. The van der Waals surface area contributed by atoms with E-state index >= 15 is 0 Å². The van der Waals surface area contributed by atoms with Gasteiger partial charge in [-0.3, -0.25) is 4.79 Å². The molecule has 0 saturated heterocycles. The molecule has 0 unspecified atom stereocenters. The minimum atomic E-state index is -1.07. The van der Waals surface area contributed by atoms with Crippen LogP contribution in [0.2, 0.25) is 0 Å². The molecular weight excluding hydrogens is 422 g/mol. The Morgan fingerprint density at radius 1 is 1.24 bits per heavy atom. The highest BCUT2D eigenvalue weighted by Gasteiger charge is 2.22. The van der Waals surface area contributed by atoms with Crippen molar-refractivity contribution in [2.75, 3.05) is 11.9 Å². The molecule has 0 heterocycles. The fourth-order valence-electron chi connectivity index (χ4n) is 1.24. The normalized spacial score (nSPS) is 10.2. The molecule has 92 valence electrons. The average molecular weight is 430 g/mol. The van der Waals surface area contributed by atoms with Gasteiger partial charge in [-0.1, -0.05) is 0 Å². The zero-order valence-corrected chi connectivity index (χ0v) is 13.7. The second-order valence-electron chi connectivity index (χ2n) is 3.26. The Bertz CT molecular complexity index is 502. The summed E-state index contributed by atoms with van der Waals surface area (Å²) in [6, 6.07) is 1.60. The lowest BCUT2D eigenvalue weighted by Crippen LogP contribution is -2.24. The van der Waals surface area contributed by atoms with Crippen molar-refractivity contribution in [1.82, 2.24) is 0 Å². The smallest absolute Gasteiger partial charge is 0.338 e. The first kappa shape index (κ1) is 14.7. The van der Waals surface area contributed by atoms with E-state index in [1.54, 1.807) is 13.1 Å². The van der Waals surface area contributed by atoms with Crippen molar-refractivity contribution < 1.29 is 14.7 Å². The van der Waals surface area contributed by atoms with Crippen LogP contribution in [0.4, 0.5) is 5.69 Å². The van der Waals surface area contributed by atoms with Crippen LogP contribution in [0.5, 0.6) is 0 Å². The van der Waals surface area contributed by atoms with E-state index in [4.69, 9.17) is 5.11 Å². The molecule has 0 aliphatic rings. The number of amides is 1. The molecule has 1 aromatic carbocycles. The van der Waals surface area contributed by atoms with Crippen LogP contribution in [0.15, 0.2) is 19.5 Å². The molecule has 17 heavy (non-hydrogen) atoms. The number of hydrogen-bond acceptors (Lipinski definition) is 2. The Kier molecular flexibility index (Phi) is 4.74. The summed E-state index contributed by atoms with van der Waals surface area (Å²) in [4.78, 5) is 23.8. The van der Waals surface area contributed by atoms with Gasteiger partial charge in [-0.25, -0.2) is 4.79 Å². The second kappa shape index (κ2) is 5.49. The van der Waals surface area contributed by atoms with Gasteiger partial charge in [0.25, 0.3) is 0 Å². The molecule has 1 amide bonds. The number of halogens is 3. The molecule has 0 bridgehead atoms. The number of rotatable bonds is 2. The summed E-state index contributed by atoms with van der Waals surface area (Å²) in [6.07, 6.45) is 0. The average Bonchev–Trinajstić information content (AvgIpc) is 2.15. The van der Waals surface area contributed by atoms with Crippen LogP contribution in [0.3, 0.4) is 0 Å². The molecule has 0 aliphatic carbocycles. The second-order valence-corrected chi connectivity index (χ2v) is 5.76. The number of hydrogen-bond donors (Lipinski definition) is 1. The van der Waals surface area contributed by atoms with Crippen molar-refractivity contribution in [2.45, 2.75) is 6.92 Å². The van der Waals surface area contributed by atoms with Crippen molar-refractivity contribution in [3.63, 3.8) is 0 Å². The zero-order chi connectivity index (χ0) is 13.3. The van der Waals surface area contributed by atoms with Gasteiger partial charge in [-0.05, 0) is 53.9 Å².